The Balaban J connectivity index is 1.52. The van der Waals surface area contributed by atoms with Gasteiger partial charge in [-0.05, 0) is 38.0 Å². The zero-order chi connectivity index (χ0) is 23.5. The molecular formula is C25H30N4O4S. The van der Waals surface area contributed by atoms with Crippen LogP contribution in [-0.2, 0) is 16.0 Å². The molecule has 2 saturated heterocycles. The fourth-order valence-electron chi connectivity index (χ4n) is 4.56. The lowest BCUT2D eigenvalue weighted by atomic mass is 10.1. The van der Waals surface area contributed by atoms with Crippen molar-refractivity contribution in [2.75, 3.05) is 51.5 Å². The summed E-state index contributed by atoms with van der Waals surface area (Å²) in [5.41, 5.74) is 2.38. The second-order valence-electron chi connectivity index (χ2n) is 8.70. The molecule has 9 heteroatoms. The van der Waals surface area contributed by atoms with Crippen molar-refractivity contribution in [3.05, 3.63) is 45.9 Å². The number of benzene rings is 1. The minimum Gasteiger partial charge on any atom is -0.497 e. The average Bonchev–Trinajstić information content (AvgIpc) is 3.54. The SMILES string of the molecule is COc1ccc2cc(CN(C[C@@H]3CCCO3)C(=O)c3csc(C)n3)c(N3CCOCC3)nc2c1. The van der Waals surface area contributed by atoms with E-state index in [-0.39, 0.29) is 12.0 Å². The predicted molar refractivity (Wildman–Crippen MR) is 132 cm³/mol. The van der Waals surface area contributed by atoms with Gasteiger partial charge in [-0.15, -0.1) is 11.3 Å². The third kappa shape index (κ3) is 5.01. The number of methoxy groups -OCH3 is 1. The lowest BCUT2D eigenvalue weighted by Crippen LogP contribution is -2.40. The Morgan fingerprint density at radius 2 is 2.09 bits per heavy atom. The number of rotatable bonds is 7. The number of hydrogen-bond acceptors (Lipinski definition) is 8. The van der Waals surface area contributed by atoms with Gasteiger partial charge in [0.05, 0.1) is 37.0 Å². The van der Waals surface area contributed by atoms with Crippen LogP contribution in [0, 0.1) is 6.92 Å². The number of anilines is 1. The lowest BCUT2D eigenvalue weighted by Gasteiger charge is -2.32. The van der Waals surface area contributed by atoms with Crippen LogP contribution in [-0.4, -0.2) is 73.4 Å². The highest BCUT2D eigenvalue weighted by Crippen LogP contribution is 2.29. The van der Waals surface area contributed by atoms with Gasteiger partial charge in [-0.3, -0.25) is 4.79 Å². The Kier molecular flexibility index (Phi) is 6.94. The van der Waals surface area contributed by atoms with Crippen LogP contribution in [0.15, 0.2) is 29.6 Å². The summed E-state index contributed by atoms with van der Waals surface area (Å²) in [6.07, 6.45) is 2.04. The van der Waals surface area contributed by atoms with Crippen LogP contribution < -0.4 is 9.64 Å². The van der Waals surface area contributed by atoms with Crippen molar-refractivity contribution in [1.29, 1.82) is 0 Å². The van der Waals surface area contributed by atoms with Gasteiger partial charge in [0, 0.05) is 55.2 Å². The minimum absolute atomic E-state index is 0.0493. The molecule has 2 aliphatic heterocycles. The number of ether oxygens (including phenoxy) is 3. The van der Waals surface area contributed by atoms with Crippen LogP contribution in [0.3, 0.4) is 0 Å². The number of carbonyl (C=O) groups excluding carboxylic acids is 1. The van der Waals surface area contributed by atoms with Crippen molar-refractivity contribution in [3.63, 3.8) is 0 Å². The fraction of sp³-hybridized carbons (Fsp3) is 0.480. The van der Waals surface area contributed by atoms with Crippen molar-refractivity contribution in [3.8, 4) is 5.75 Å². The summed E-state index contributed by atoms with van der Waals surface area (Å²) in [7, 11) is 1.66. The highest BCUT2D eigenvalue weighted by atomic mass is 32.1. The number of pyridine rings is 1. The highest BCUT2D eigenvalue weighted by Gasteiger charge is 2.27. The molecule has 0 radical (unpaired) electrons. The van der Waals surface area contributed by atoms with E-state index in [9.17, 15) is 4.79 Å². The summed E-state index contributed by atoms with van der Waals surface area (Å²) in [6, 6.07) is 8.06. The number of morpholine rings is 1. The van der Waals surface area contributed by atoms with Crippen LogP contribution in [0.4, 0.5) is 5.82 Å². The van der Waals surface area contributed by atoms with Gasteiger partial charge in [0.2, 0.25) is 0 Å². The Morgan fingerprint density at radius 3 is 2.79 bits per heavy atom. The van der Waals surface area contributed by atoms with E-state index in [1.165, 1.54) is 11.3 Å². The monoisotopic (exact) mass is 482 g/mol. The van der Waals surface area contributed by atoms with Crippen LogP contribution in [0.5, 0.6) is 5.75 Å². The topological polar surface area (TPSA) is 77.0 Å². The molecule has 0 N–H and O–H groups in total. The van der Waals surface area contributed by atoms with Gasteiger partial charge >= 0.3 is 0 Å². The summed E-state index contributed by atoms with van der Waals surface area (Å²) in [5, 5.41) is 3.74. The quantitative estimate of drug-likeness (QED) is 0.509. The first-order valence-corrected chi connectivity index (χ1v) is 12.6. The Labute approximate surface area is 203 Å². The zero-order valence-electron chi connectivity index (χ0n) is 19.7. The number of thiazole rings is 1. The van der Waals surface area contributed by atoms with Gasteiger partial charge < -0.3 is 24.0 Å². The van der Waals surface area contributed by atoms with E-state index in [4.69, 9.17) is 19.2 Å². The molecule has 2 aromatic heterocycles. The van der Waals surface area contributed by atoms with Gasteiger partial charge in [0.25, 0.3) is 5.91 Å². The van der Waals surface area contributed by atoms with E-state index in [2.05, 4.69) is 16.0 Å². The van der Waals surface area contributed by atoms with Gasteiger partial charge in [-0.1, -0.05) is 0 Å². The first kappa shape index (κ1) is 23.0. The van der Waals surface area contributed by atoms with E-state index < -0.39 is 0 Å². The van der Waals surface area contributed by atoms with Crippen molar-refractivity contribution in [2.45, 2.75) is 32.4 Å². The van der Waals surface area contributed by atoms with E-state index in [1.54, 1.807) is 7.11 Å². The molecule has 0 saturated carbocycles. The number of aromatic nitrogens is 2. The molecule has 3 aromatic rings. The van der Waals surface area contributed by atoms with Crippen molar-refractivity contribution in [1.82, 2.24) is 14.9 Å². The molecule has 180 valence electrons. The molecule has 2 aliphatic rings. The fourth-order valence-corrected chi connectivity index (χ4v) is 5.14. The maximum Gasteiger partial charge on any atom is 0.273 e. The third-order valence-corrected chi connectivity index (χ3v) is 7.10. The number of aryl methyl sites for hydroxylation is 1. The summed E-state index contributed by atoms with van der Waals surface area (Å²) in [6.45, 7) is 6.50. The predicted octanol–water partition coefficient (Wildman–Crippen LogP) is 3.67. The highest BCUT2D eigenvalue weighted by molar-refractivity contribution is 7.09. The van der Waals surface area contributed by atoms with Gasteiger partial charge in [-0.25, -0.2) is 9.97 Å². The van der Waals surface area contributed by atoms with Crippen LogP contribution in [0.25, 0.3) is 10.9 Å². The summed E-state index contributed by atoms with van der Waals surface area (Å²) < 4.78 is 16.9. The van der Waals surface area contributed by atoms with Crippen LogP contribution in [0.2, 0.25) is 0 Å². The molecule has 1 atom stereocenters. The largest absolute Gasteiger partial charge is 0.497 e. The van der Waals surface area contributed by atoms with E-state index in [0.29, 0.717) is 32.0 Å². The molecule has 0 unspecified atom stereocenters. The molecule has 1 aromatic carbocycles. The average molecular weight is 483 g/mol. The van der Waals surface area contributed by atoms with Crippen LogP contribution in [0.1, 0.15) is 33.9 Å². The zero-order valence-corrected chi connectivity index (χ0v) is 20.5. The van der Waals surface area contributed by atoms with Crippen molar-refractivity contribution >= 4 is 34.0 Å². The maximum atomic E-state index is 13.5. The molecule has 8 nitrogen and oxygen atoms in total. The van der Waals surface area contributed by atoms with E-state index in [0.717, 1.165) is 65.6 Å². The molecule has 2 fully saturated rings. The van der Waals surface area contributed by atoms with Gasteiger partial charge in [0.15, 0.2) is 0 Å². The Bertz CT molecular complexity index is 1160. The van der Waals surface area contributed by atoms with E-state index >= 15 is 0 Å². The third-order valence-electron chi connectivity index (χ3n) is 6.33. The number of amides is 1. The summed E-state index contributed by atoms with van der Waals surface area (Å²) >= 11 is 1.49. The number of hydrogen-bond donors (Lipinski definition) is 0. The minimum atomic E-state index is -0.0670. The molecule has 0 aliphatic carbocycles. The molecule has 5 rings (SSSR count). The first-order valence-electron chi connectivity index (χ1n) is 11.7. The smallest absolute Gasteiger partial charge is 0.273 e. The second kappa shape index (κ2) is 10.2. The van der Waals surface area contributed by atoms with Gasteiger partial charge in [0.1, 0.15) is 17.3 Å². The van der Waals surface area contributed by atoms with Gasteiger partial charge in [-0.2, -0.15) is 0 Å². The van der Waals surface area contributed by atoms with Crippen LogP contribution >= 0.6 is 11.3 Å². The molecule has 4 heterocycles. The second-order valence-corrected chi connectivity index (χ2v) is 9.76. The molecule has 0 spiro atoms. The molecule has 34 heavy (non-hydrogen) atoms. The lowest BCUT2D eigenvalue weighted by molar-refractivity contribution is 0.0503. The van der Waals surface area contributed by atoms with E-state index in [1.807, 2.05) is 35.4 Å². The molecule has 0 bridgehead atoms. The normalized spacial score (nSPS) is 18.4. The molecule has 1 amide bonds. The first-order chi connectivity index (χ1) is 16.6. The summed E-state index contributed by atoms with van der Waals surface area (Å²) in [5.74, 6) is 1.60. The number of carbonyl (C=O) groups is 1. The van der Waals surface area contributed by atoms with Crippen molar-refractivity contribution in [2.24, 2.45) is 0 Å². The maximum absolute atomic E-state index is 13.5. The summed E-state index contributed by atoms with van der Waals surface area (Å²) in [4.78, 5) is 27.1. The Hall–Kier alpha value is -2.75. The van der Waals surface area contributed by atoms with Crippen molar-refractivity contribution < 1.29 is 19.0 Å². The Morgan fingerprint density at radius 1 is 1.24 bits per heavy atom. The number of nitrogens with zero attached hydrogens (tertiary/aromatic N) is 4. The molecular weight excluding hydrogens is 452 g/mol. The number of fused-ring (bicyclic) bond motifs is 1. The standard InChI is InChI=1S/C25H30N4O4S/c1-17-26-23(16-34-17)25(30)29(15-21-4-3-9-33-21)14-19-12-18-5-6-20(31-2)13-22(18)27-24(19)28-7-10-32-11-8-28/h5-6,12-13,16,21H,3-4,7-11,14-15H2,1-2H3/t21-/m0/s1.